The Morgan fingerprint density at radius 1 is 1.12 bits per heavy atom. The molecule has 0 radical (unpaired) electrons. The first-order valence-corrected chi connectivity index (χ1v) is 5.13. The molecule has 0 spiro atoms. The first-order chi connectivity index (χ1) is 7.65. The second-order valence-electron chi connectivity index (χ2n) is 3.39. The Kier molecular flexibility index (Phi) is 4.83. The molecule has 0 nitrogen and oxygen atoms in total. The maximum absolute atomic E-state index is 12.8. The van der Waals surface area contributed by atoms with Gasteiger partial charge in [-0.05, 0) is 12.0 Å². The summed E-state index contributed by atoms with van der Waals surface area (Å²) in [5.74, 6) is -1.45. The minimum atomic E-state index is -2.28. The van der Waals surface area contributed by atoms with Crippen LogP contribution in [0.25, 0.3) is 11.9 Å². The quantitative estimate of drug-likeness (QED) is 0.675. The zero-order valence-electron chi connectivity index (χ0n) is 9.01. The van der Waals surface area contributed by atoms with Gasteiger partial charge in [0.1, 0.15) is 0 Å². The van der Waals surface area contributed by atoms with Crippen molar-refractivity contribution in [3.63, 3.8) is 0 Å². The Bertz CT molecular complexity index is 384. The van der Waals surface area contributed by atoms with Crippen molar-refractivity contribution in [3.05, 3.63) is 47.5 Å². The van der Waals surface area contributed by atoms with Gasteiger partial charge in [-0.25, -0.2) is 4.39 Å². The minimum absolute atomic E-state index is 0.0901. The topological polar surface area (TPSA) is 0 Å². The molecule has 86 valence electrons. The summed E-state index contributed by atoms with van der Waals surface area (Å²) in [6.45, 7) is 2.07. The monoisotopic (exact) mass is 226 g/mol. The molecule has 1 aromatic rings. The molecule has 0 atom stereocenters. The number of benzene rings is 1. The van der Waals surface area contributed by atoms with Gasteiger partial charge in [0.05, 0.1) is 0 Å². The van der Waals surface area contributed by atoms with Gasteiger partial charge in [-0.3, -0.25) is 0 Å². The molecule has 3 heteroatoms. The predicted octanol–water partition coefficient (Wildman–Crippen LogP) is 5.03. The largest absolute Gasteiger partial charge is 0.306 e. The highest BCUT2D eigenvalue weighted by atomic mass is 19.3. The van der Waals surface area contributed by atoms with Crippen molar-refractivity contribution in [1.29, 1.82) is 0 Å². The van der Waals surface area contributed by atoms with E-state index in [0.29, 0.717) is 0 Å². The summed E-state index contributed by atoms with van der Waals surface area (Å²) < 4.78 is 36.7. The van der Waals surface area contributed by atoms with Gasteiger partial charge in [0, 0.05) is 5.56 Å². The van der Waals surface area contributed by atoms with Gasteiger partial charge < -0.3 is 0 Å². The number of hydrogen-bond donors (Lipinski definition) is 0. The zero-order valence-corrected chi connectivity index (χ0v) is 9.01. The van der Waals surface area contributed by atoms with Gasteiger partial charge in [-0.1, -0.05) is 49.8 Å². The standard InChI is InChI=1S/C13H13F3/c1-2-3-4-5-10-6-8-11(9-7-10)12(14)13(15)16/h4-9H,2-3H2,1H3/b5-4+. The van der Waals surface area contributed by atoms with Crippen LogP contribution in [0.2, 0.25) is 0 Å². The average molecular weight is 226 g/mol. The summed E-state index contributed by atoms with van der Waals surface area (Å²) >= 11 is 0. The molecule has 0 N–H and O–H groups in total. The van der Waals surface area contributed by atoms with Crippen LogP contribution in [0.5, 0.6) is 0 Å². The van der Waals surface area contributed by atoms with Crippen molar-refractivity contribution in [3.8, 4) is 0 Å². The lowest BCUT2D eigenvalue weighted by Crippen LogP contribution is -1.80. The number of rotatable bonds is 4. The van der Waals surface area contributed by atoms with Crippen LogP contribution in [0, 0.1) is 0 Å². The maximum Gasteiger partial charge on any atom is 0.306 e. The van der Waals surface area contributed by atoms with Gasteiger partial charge in [-0.2, -0.15) is 8.78 Å². The van der Waals surface area contributed by atoms with E-state index in [2.05, 4.69) is 6.92 Å². The van der Waals surface area contributed by atoms with Crippen molar-refractivity contribution < 1.29 is 13.2 Å². The third-order valence-corrected chi connectivity index (χ3v) is 2.10. The first kappa shape index (κ1) is 12.6. The highest BCUT2D eigenvalue weighted by Gasteiger charge is 2.07. The minimum Gasteiger partial charge on any atom is -0.200 e. The molecule has 0 aliphatic rings. The number of unbranched alkanes of at least 4 members (excludes halogenated alkanes) is 1. The normalized spacial score (nSPS) is 10.8. The van der Waals surface area contributed by atoms with Crippen molar-refractivity contribution in [2.45, 2.75) is 19.8 Å². The molecule has 0 aliphatic carbocycles. The van der Waals surface area contributed by atoms with Gasteiger partial charge >= 0.3 is 6.08 Å². The Hall–Kier alpha value is -1.51. The predicted molar refractivity (Wildman–Crippen MR) is 60.6 cm³/mol. The van der Waals surface area contributed by atoms with Crippen LogP contribution in [0.1, 0.15) is 30.9 Å². The van der Waals surface area contributed by atoms with Crippen LogP contribution in [0.15, 0.2) is 36.4 Å². The Morgan fingerprint density at radius 2 is 1.75 bits per heavy atom. The summed E-state index contributed by atoms with van der Waals surface area (Å²) in [6.07, 6.45) is 3.63. The van der Waals surface area contributed by atoms with Gasteiger partial charge in [0.2, 0.25) is 0 Å². The number of allylic oxidation sites excluding steroid dienone is 1. The van der Waals surface area contributed by atoms with E-state index in [1.807, 2.05) is 12.2 Å². The highest BCUT2D eigenvalue weighted by molar-refractivity contribution is 5.62. The lowest BCUT2D eigenvalue weighted by molar-refractivity contribution is 0.410. The van der Waals surface area contributed by atoms with E-state index in [-0.39, 0.29) is 5.56 Å². The molecule has 1 rings (SSSR count). The third kappa shape index (κ3) is 3.57. The maximum atomic E-state index is 12.8. The number of halogens is 3. The summed E-state index contributed by atoms with van der Waals surface area (Å²) in [7, 11) is 0. The summed E-state index contributed by atoms with van der Waals surface area (Å²) in [5, 5.41) is 0. The molecule has 1 aromatic carbocycles. The van der Waals surface area contributed by atoms with E-state index in [9.17, 15) is 13.2 Å². The van der Waals surface area contributed by atoms with E-state index >= 15 is 0 Å². The van der Waals surface area contributed by atoms with Crippen LogP contribution in [0.3, 0.4) is 0 Å². The molecular formula is C13H13F3. The molecule has 0 amide bonds. The SMILES string of the molecule is CCC/C=C/c1ccc(C(F)=C(F)F)cc1. The van der Waals surface area contributed by atoms with Crippen molar-refractivity contribution in [2.75, 3.05) is 0 Å². The molecule has 0 saturated carbocycles. The van der Waals surface area contributed by atoms with E-state index in [1.165, 1.54) is 12.1 Å². The molecule has 0 aliphatic heterocycles. The van der Waals surface area contributed by atoms with Crippen LogP contribution in [-0.2, 0) is 0 Å². The molecule has 0 bridgehead atoms. The van der Waals surface area contributed by atoms with Gasteiger partial charge in [0.15, 0.2) is 5.83 Å². The highest BCUT2D eigenvalue weighted by Crippen LogP contribution is 2.22. The number of hydrogen-bond acceptors (Lipinski definition) is 0. The van der Waals surface area contributed by atoms with Crippen LogP contribution >= 0.6 is 0 Å². The molecule has 0 fully saturated rings. The van der Waals surface area contributed by atoms with Crippen molar-refractivity contribution in [1.82, 2.24) is 0 Å². The fourth-order valence-electron chi connectivity index (χ4n) is 1.24. The molecule has 0 heterocycles. The van der Waals surface area contributed by atoms with Gasteiger partial charge in [-0.15, -0.1) is 0 Å². The second kappa shape index (κ2) is 6.16. The van der Waals surface area contributed by atoms with Crippen molar-refractivity contribution >= 4 is 11.9 Å². The van der Waals surface area contributed by atoms with Crippen LogP contribution in [-0.4, -0.2) is 0 Å². The van der Waals surface area contributed by atoms with E-state index < -0.39 is 11.9 Å². The van der Waals surface area contributed by atoms with Gasteiger partial charge in [0.25, 0.3) is 0 Å². The fraction of sp³-hybridized carbons (Fsp3) is 0.231. The fourth-order valence-corrected chi connectivity index (χ4v) is 1.24. The van der Waals surface area contributed by atoms with E-state index in [4.69, 9.17) is 0 Å². The van der Waals surface area contributed by atoms with E-state index in [1.54, 1.807) is 12.1 Å². The first-order valence-electron chi connectivity index (χ1n) is 5.13. The van der Waals surface area contributed by atoms with E-state index in [0.717, 1.165) is 18.4 Å². The Balaban J connectivity index is 2.80. The molecule has 0 aromatic heterocycles. The van der Waals surface area contributed by atoms with Crippen LogP contribution in [0.4, 0.5) is 13.2 Å². The molecule has 16 heavy (non-hydrogen) atoms. The lowest BCUT2D eigenvalue weighted by atomic mass is 10.1. The van der Waals surface area contributed by atoms with Crippen molar-refractivity contribution in [2.24, 2.45) is 0 Å². The summed E-state index contributed by atoms with van der Waals surface area (Å²) in [6, 6.07) is 5.92. The Morgan fingerprint density at radius 3 is 2.25 bits per heavy atom. The molecular weight excluding hydrogens is 213 g/mol. The molecule has 0 saturated heterocycles. The average Bonchev–Trinajstić information content (AvgIpc) is 2.29. The lowest BCUT2D eigenvalue weighted by Gasteiger charge is -1.98. The van der Waals surface area contributed by atoms with Crippen LogP contribution < -0.4 is 0 Å². The molecule has 0 unspecified atom stereocenters. The smallest absolute Gasteiger partial charge is 0.200 e. The Labute approximate surface area is 93.1 Å². The summed E-state index contributed by atoms with van der Waals surface area (Å²) in [4.78, 5) is 0. The zero-order chi connectivity index (χ0) is 12.0. The summed E-state index contributed by atoms with van der Waals surface area (Å²) in [5.41, 5.74) is 0.789. The second-order valence-corrected chi connectivity index (χ2v) is 3.39. The third-order valence-electron chi connectivity index (χ3n) is 2.10.